The zero-order chi connectivity index (χ0) is 25.5. The third kappa shape index (κ3) is 4.48. The van der Waals surface area contributed by atoms with Crippen molar-refractivity contribution in [2.24, 2.45) is 5.92 Å². The Bertz CT molecular complexity index is 1530. The molecular formula is C24H20ClF3N9+. The summed E-state index contributed by atoms with van der Waals surface area (Å²) in [7, 11) is 0. The predicted molar refractivity (Wildman–Crippen MR) is 126 cm³/mol. The van der Waals surface area contributed by atoms with Crippen LogP contribution < -0.4 is 4.68 Å². The highest BCUT2D eigenvalue weighted by molar-refractivity contribution is 6.31. The zero-order valence-electron chi connectivity index (χ0n) is 19.2. The van der Waals surface area contributed by atoms with Crippen molar-refractivity contribution in [2.45, 2.75) is 31.9 Å². The van der Waals surface area contributed by atoms with Crippen LogP contribution in [0, 0.1) is 11.7 Å². The van der Waals surface area contributed by atoms with Gasteiger partial charge in [0.1, 0.15) is 10.8 Å². The first-order valence-corrected chi connectivity index (χ1v) is 12.0. The zero-order valence-corrected chi connectivity index (χ0v) is 20.0. The van der Waals surface area contributed by atoms with Crippen molar-refractivity contribution in [3.05, 3.63) is 78.0 Å². The van der Waals surface area contributed by atoms with Gasteiger partial charge in [0.05, 0.1) is 34.2 Å². The van der Waals surface area contributed by atoms with Crippen molar-refractivity contribution in [3.63, 3.8) is 0 Å². The highest BCUT2D eigenvalue weighted by Gasteiger charge is 2.29. The van der Waals surface area contributed by atoms with Gasteiger partial charge >= 0.3 is 6.55 Å². The summed E-state index contributed by atoms with van der Waals surface area (Å²) in [5.41, 5.74) is 2.79. The number of aromatic amines is 1. The van der Waals surface area contributed by atoms with Gasteiger partial charge in [-0.05, 0) is 36.6 Å². The van der Waals surface area contributed by atoms with Gasteiger partial charge in [-0.15, -0.1) is 4.68 Å². The van der Waals surface area contributed by atoms with Gasteiger partial charge in [0.15, 0.2) is 11.0 Å². The second-order valence-corrected chi connectivity index (χ2v) is 9.28. The number of tetrazole rings is 1. The van der Waals surface area contributed by atoms with Crippen molar-refractivity contribution >= 4 is 11.6 Å². The number of alkyl halides is 2. The number of aromatic nitrogens is 9. The van der Waals surface area contributed by atoms with Crippen LogP contribution in [0.4, 0.5) is 13.2 Å². The molecule has 0 aliphatic heterocycles. The molecule has 0 spiro atoms. The van der Waals surface area contributed by atoms with Gasteiger partial charge in [0.25, 0.3) is 6.33 Å². The Morgan fingerprint density at radius 2 is 1.95 bits per heavy atom. The number of halogens is 4. The maximum atomic E-state index is 15.2. The largest absolute Gasteiger partial charge is 0.333 e. The van der Waals surface area contributed by atoms with E-state index in [4.69, 9.17) is 11.6 Å². The van der Waals surface area contributed by atoms with Crippen LogP contribution in [0.15, 0.2) is 61.4 Å². The van der Waals surface area contributed by atoms with Crippen LogP contribution in [0.3, 0.4) is 0 Å². The fourth-order valence-electron chi connectivity index (χ4n) is 4.43. The minimum Gasteiger partial charge on any atom is -0.263 e. The number of benzene rings is 1. The number of nitrogens with one attached hydrogen (secondary N) is 1. The Kier molecular flexibility index (Phi) is 5.95. The number of rotatable bonds is 8. The van der Waals surface area contributed by atoms with Crippen molar-refractivity contribution < 1.29 is 17.9 Å². The molecule has 1 aromatic carbocycles. The standard InChI is InChI=1S/C24H19ClF3N9/c25-17-4-6-20(36-13-30-33-34-36)22(23(17)26)15-3-5-18(29-10-15)21(9-14-1-2-14)35-12-16(11-32-35)19-7-8-31-37(19)24(27)28/h3-8,10-14,21,24H,1-2,9H2/p+1. The summed E-state index contributed by atoms with van der Waals surface area (Å²) in [6, 6.07) is 8.05. The van der Waals surface area contributed by atoms with E-state index in [-0.39, 0.29) is 22.3 Å². The average Bonchev–Trinajstić information content (AvgIpc) is 3.31. The Labute approximate surface area is 213 Å². The summed E-state index contributed by atoms with van der Waals surface area (Å²) >= 11 is 6.09. The van der Waals surface area contributed by atoms with E-state index in [0.29, 0.717) is 27.4 Å². The normalized spacial score (nSPS) is 14.4. The molecule has 5 aromatic rings. The van der Waals surface area contributed by atoms with Crippen LogP contribution in [0.2, 0.25) is 5.02 Å². The van der Waals surface area contributed by atoms with Crippen LogP contribution in [-0.4, -0.2) is 40.1 Å². The van der Waals surface area contributed by atoms with Gasteiger partial charge in [-0.1, -0.05) is 35.7 Å². The smallest absolute Gasteiger partial charge is 0.263 e. The van der Waals surface area contributed by atoms with Gasteiger partial charge < -0.3 is 0 Å². The lowest BCUT2D eigenvalue weighted by atomic mass is 10.0. The molecule has 0 saturated heterocycles. The maximum absolute atomic E-state index is 15.2. The Balaban J connectivity index is 1.36. The van der Waals surface area contributed by atoms with E-state index in [2.05, 4.69) is 30.7 Å². The molecule has 4 heterocycles. The highest BCUT2D eigenvalue weighted by atomic mass is 35.5. The Morgan fingerprint density at radius 1 is 1.08 bits per heavy atom. The third-order valence-corrected chi connectivity index (χ3v) is 6.74. The van der Waals surface area contributed by atoms with Crippen LogP contribution in [0.25, 0.3) is 28.1 Å². The molecule has 1 fully saturated rings. The minimum absolute atomic E-state index is 0.0189. The quantitative estimate of drug-likeness (QED) is 0.294. The van der Waals surface area contributed by atoms with E-state index < -0.39 is 12.4 Å². The number of hydrogen-bond donors (Lipinski definition) is 1. The molecular weight excluding hydrogens is 507 g/mol. The molecule has 1 unspecified atom stereocenters. The summed E-state index contributed by atoms with van der Waals surface area (Å²) in [4.78, 5) is 4.66. The average molecular weight is 527 g/mol. The number of pyridine rings is 1. The van der Waals surface area contributed by atoms with E-state index in [1.165, 1.54) is 29.3 Å². The molecule has 0 radical (unpaired) electrons. The SMILES string of the molecule is Fc1c(Cl)ccc(-[n+]2cnn[nH]2)c1-c1ccc(C(CC2CC2)n2cc(-c3ccnn3C(F)F)cn2)nc1. The first-order chi connectivity index (χ1) is 18.0. The molecule has 0 bridgehead atoms. The monoisotopic (exact) mass is 526 g/mol. The summed E-state index contributed by atoms with van der Waals surface area (Å²) in [6.07, 6.45) is 10.7. The molecule has 1 atom stereocenters. The molecule has 1 saturated carbocycles. The van der Waals surface area contributed by atoms with E-state index >= 15 is 4.39 Å². The molecule has 0 amide bonds. The van der Waals surface area contributed by atoms with Crippen molar-refractivity contribution in [2.75, 3.05) is 0 Å². The first kappa shape index (κ1) is 23.3. The van der Waals surface area contributed by atoms with E-state index in [1.807, 2.05) is 6.07 Å². The molecule has 6 rings (SSSR count). The van der Waals surface area contributed by atoms with E-state index in [1.54, 1.807) is 35.4 Å². The van der Waals surface area contributed by atoms with Gasteiger partial charge in [0, 0.05) is 29.7 Å². The van der Waals surface area contributed by atoms with E-state index in [0.717, 1.165) is 25.0 Å². The van der Waals surface area contributed by atoms with Crippen LogP contribution in [0.1, 0.15) is 37.5 Å². The summed E-state index contributed by atoms with van der Waals surface area (Å²) in [6.45, 7) is -2.75. The lowest BCUT2D eigenvalue weighted by Crippen LogP contribution is -2.33. The lowest BCUT2D eigenvalue weighted by Gasteiger charge is -2.18. The molecule has 1 aliphatic rings. The Hall–Kier alpha value is -4.06. The molecule has 9 nitrogen and oxygen atoms in total. The fraction of sp³-hybridized carbons (Fsp3) is 0.250. The number of hydrogen-bond acceptors (Lipinski definition) is 5. The van der Waals surface area contributed by atoms with Crippen LogP contribution in [-0.2, 0) is 0 Å². The molecule has 37 heavy (non-hydrogen) atoms. The fourth-order valence-corrected chi connectivity index (χ4v) is 4.59. The molecule has 1 N–H and O–H groups in total. The minimum atomic E-state index is -2.75. The first-order valence-electron chi connectivity index (χ1n) is 11.6. The third-order valence-electron chi connectivity index (χ3n) is 6.45. The van der Waals surface area contributed by atoms with Crippen LogP contribution >= 0.6 is 11.6 Å². The lowest BCUT2D eigenvalue weighted by molar-refractivity contribution is -0.659. The molecule has 13 heteroatoms. The van der Waals surface area contributed by atoms with Gasteiger partial charge in [-0.3, -0.25) is 9.67 Å². The second kappa shape index (κ2) is 9.43. The summed E-state index contributed by atoms with van der Waals surface area (Å²) in [5, 5.41) is 18.3. The number of nitrogens with zero attached hydrogens (tertiary/aromatic N) is 8. The topological polar surface area (TPSA) is 94.0 Å². The van der Waals surface area contributed by atoms with Gasteiger partial charge in [-0.25, -0.2) is 9.07 Å². The van der Waals surface area contributed by atoms with Crippen molar-refractivity contribution in [3.8, 4) is 28.1 Å². The summed E-state index contributed by atoms with van der Waals surface area (Å²) in [5.74, 6) is -0.0512. The highest BCUT2D eigenvalue weighted by Crippen LogP contribution is 2.40. The van der Waals surface area contributed by atoms with Crippen molar-refractivity contribution in [1.29, 1.82) is 0 Å². The second-order valence-electron chi connectivity index (χ2n) is 8.87. The van der Waals surface area contributed by atoms with Crippen LogP contribution in [0.5, 0.6) is 0 Å². The summed E-state index contributed by atoms with van der Waals surface area (Å²) < 4.78 is 45.7. The Morgan fingerprint density at radius 3 is 2.65 bits per heavy atom. The predicted octanol–water partition coefficient (Wildman–Crippen LogP) is 4.78. The van der Waals surface area contributed by atoms with Gasteiger partial charge in [-0.2, -0.15) is 19.0 Å². The molecule has 188 valence electrons. The molecule has 1 aliphatic carbocycles. The van der Waals surface area contributed by atoms with E-state index in [9.17, 15) is 8.78 Å². The van der Waals surface area contributed by atoms with Crippen molar-refractivity contribution in [1.82, 2.24) is 40.1 Å². The number of H-pyrrole nitrogens is 1. The molecule has 4 aromatic heterocycles. The maximum Gasteiger partial charge on any atom is 0.333 e. The van der Waals surface area contributed by atoms with Gasteiger partial charge in [0.2, 0.25) is 0 Å².